The van der Waals surface area contributed by atoms with Crippen LogP contribution in [0, 0.1) is 6.92 Å². The van der Waals surface area contributed by atoms with E-state index in [0.29, 0.717) is 17.5 Å². The molecule has 0 spiro atoms. The molecule has 0 saturated heterocycles. The minimum atomic E-state index is 0.00352. The van der Waals surface area contributed by atoms with Crippen molar-refractivity contribution in [3.63, 3.8) is 0 Å². The van der Waals surface area contributed by atoms with Crippen LogP contribution in [-0.4, -0.2) is 65.5 Å². The maximum absolute atomic E-state index is 12.4. The van der Waals surface area contributed by atoms with Crippen LogP contribution in [0.2, 0.25) is 0 Å². The molecule has 26 heavy (non-hydrogen) atoms. The van der Waals surface area contributed by atoms with Crippen LogP contribution in [0.5, 0.6) is 0 Å². The van der Waals surface area contributed by atoms with E-state index in [0.717, 1.165) is 5.69 Å². The Kier molecular flexibility index (Phi) is 5.61. The second-order valence-electron chi connectivity index (χ2n) is 6.05. The highest BCUT2D eigenvalue weighted by molar-refractivity contribution is 7.99. The van der Waals surface area contributed by atoms with Gasteiger partial charge in [0.15, 0.2) is 11.0 Å². The predicted molar refractivity (Wildman–Crippen MR) is 97.0 cm³/mol. The zero-order valence-corrected chi connectivity index (χ0v) is 15.6. The third kappa shape index (κ3) is 4.26. The number of likely N-dealkylation sites (N-methyl/N-ethyl adjacent to an activating group) is 1. The van der Waals surface area contributed by atoms with Gasteiger partial charge in [-0.2, -0.15) is 5.21 Å². The number of aryl methyl sites for hydroxylation is 1. The minimum Gasteiger partial charge on any atom is -0.344 e. The molecule has 1 atom stereocenters. The van der Waals surface area contributed by atoms with Crippen LogP contribution in [-0.2, 0) is 4.79 Å². The Balaban J connectivity index is 1.58. The van der Waals surface area contributed by atoms with Crippen molar-refractivity contribution in [3.8, 4) is 5.69 Å². The molecule has 2 aromatic heterocycles. The number of H-pyrrole nitrogens is 1. The van der Waals surface area contributed by atoms with Gasteiger partial charge < -0.3 is 4.90 Å². The highest BCUT2D eigenvalue weighted by atomic mass is 32.2. The van der Waals surface area contributed by atoms with E-state index in [1.165, 1.54) is 17.3 Å². The summed E-state index contributed by atoms with van der Waals surface area (Å²) in [5, 5.41) is 22.7. The molecule has 2 heterocycles. The molecule has 1 unspecified atom stereocenters. The zero-order valence-electron chi connectivity index (χ0n) is 14.8. The van der Waals surface area contributed by atoms with Gasteiger partial charge in [-0.3, -0.25) is 9.36 Å². The van der Waals surface area contributed by atoms with E-state index in [1.807, 2.05) is 42.7 Å². The fourth-order valence-corrected chi connectivity index (χ4v) is 3.28. The number of rotatable bonds is 7. The molecule has 0 aliphatic carbocycles. The van der Waals surface area contributed by atoms with E-state index in [-0.39, 0.29) is 17.6 Å². The number of nitrogens with one attached hydrogen (secondary N) is 1. The summed E-state index contributed by atoms with van der Waals surface area (Å²) in [5.41, 5.74) is 2.15. The van der Waals surface area contributed by atoms with E-state index in [1.54, 1.807) is 18.3 Å². The summed E-state index contributed by atoms with van der Waals surface area (Å²) in [7, 11) is 1.77. The number of carbonyl (C=O) groups excluding carboxylic acids is 1. The van der Waals surface area contributed by atoms with Crippen molar-refractivity contribution in [2.75, 3.05) is 19.3 Å². The van der Waals surface area contributed by atoms with Crippen LogP contribution >= 0.6 is 11.8 Å². The Morgan fingerprint density at radius 1 is 1.31 bits per heavy atom. The summed E-state index contributed by atoms with van der Waals surface area (Å²) in [6.07, 6.45) is 1.65. The first-order valence-corrected chi connectivity index (χ1v) is 9.10. The molecule has 0 bridgehead atoms. The van der Waals surface area contributed by atoms with Crippen molar-refractivity contribution in [2.24, 2.45) is 0 Å². The maximum atomic E-state index is 12.4. The van der Waals surface area contributed by atoms with E-state index in [2.05, 4.69) is 30.8 Å². The highest BCUT2D eigenvalue weighted by Gasteiger charge is 2.18. The minimum absolute atomic E-state index is 0.00352. The smallest absolute Gasteiger partial charge is 0.232 e. The first-order valence-electron chi connectivity index (χ1n) is 8.11. The second-order valence-corrected chi connectivity index (χ2v) is 7.00. The Bertz CT molecular complexity index is 846. The van der Waals surface area contributed by atoms with Gasteiger partial charge in [0.2, 0.25) is 5.91 Å². The van der Waals surface area contributed by atoms with Gasteiger partial charge in [0, 0.05) is 25.2 Å². The fourth-order valence-electron chi connectivity index (χ4n) is 2.41. The molecule has 1 aromatic carbocycles. The molecule has 1 amide bonds. The van der Waals surface area contributed by atoms with Gasteiger partial charge in [0.05, 0.1) is 5.75 Å². The number of hydrogen-bond acceptors (Lipinski definition) is 7. The monoisotopic (exact) mass is 372 g/mol. The quantitative estimate of drug-likeness (QED) is 0.626. The van der Waals surface area contributed by atoms with E-state index in [4.69, 9.17) is 0 Å². The molecule has 0 saturated carbocycles. The van der Waals surface area contributed by atoms with Gasteiger partial charge >= 0.3 is 0 Å². The van der Waals surface area contributed by atoms with E-state index in [9.17, 15) is 4.79 Å². The lowest BCUT2D eigenvalue weighted by Crippen LogP contribution is -2.32. The first kappa shape index (κ1) is 18.1. The van der Waals surface area contributed by atoms with Crippen molar-refractivity contribution >= 4 is 17.7 Å². The van der Waals surface area contributed by atoms with Gasteiger partial charge in [0.1, 0.15) is 6.33 Å². The van der Waals surface area contributed by atoms with Crippen molar-refractivity contribution in [3.05, 3.63) is 42.0 Å². The Morgan fingerprint density at radius 2 is 2.08 bits per heavy atom. The number of nitrogens with zero attached hydrogens (tertiary/aromatic N) is 7. The molecule has 0 radical (unpaired) electrons. The zero-order chi connectivity index (χ0) is 18.5. The summed E-state index contributed by atoms with van der Waals surface area (Å²) in [5.74, 6) is 0.879. The number of tetrazole rings is 1. The lowest BCUT2D eigenvalue weighted by atomic mass is 10.1. The highest BCUT2D eigenvalue weighted by Crippen LogP contribution is 2.20. The normalized spacial score (nSPS) is 12.1. The number of benzene rings is 1. The third-order valence-corrected chi connectivity index (χ3v) is 4.86. The Morgan fingerprint density at radius 3 is 2.77 bits per heavy atom. The number of amides is 1. The van der Waals surface area contributed by atoms with Crippen LogP contribution < -0.4 is 0 Å². The van der Waals surface area contributed by atoms with Crippen LogP contribution in [0.25, 0.3) is 5.69 Å². The molecule has 9 nitrogen and oxygen atoms in total. The van der Waals surface area contributed by atoms with Crippen molar-refractivity contribution in [2.45, 2.75) is 24.9 Å². The second kappa shape index (κ2) is 8.09. The lowest BCUT2D eigenvalue weighted by molar-refractivity contribution is -0.127. The summed E-state index contributed by atoms with van der Waals surface area (Å²) >= 11 is 1.36. The van der Waals surface area contributed by atoms with Crippen LogP contribution in [0.1, 0.15) is 24.2 Å². The number of thioether (sulfide) groups is 1. The van der Waals surface area contributed by atoms with Crippen LogP contribution in [0.3, 0.4) is 0 Å². The Labute approximate surface area is 155 Å². The predicted octanol–water partition coefficient (Wildman–Crippen LogP) is 1.44. The van der Waals surface area contributed by atoms with Crippen LogP contribution in [0.4, 0.5) is 0 Å². The van der Waals surface area contributed by atoms with Gasteiger partial charge in [-0.1, -0.05) is 41.6 Å². The summed E-state index contributed by atoms with van der Waals surface area (Å²) in [6.45, 7) is 4.51. The maximum Gasteiger partial charge on any atom is 0.232 e. The first-order chi connectivity index (χ1) is 12.5. The molecule has 3 aromatic rings. The molecule has 1 N–H and O–H groups in total. The molecule has 0 fully saturated rings. The van der Waals surface area contributed by atoms with Gasteiger partial charge in [-0.15, -0.1) is 20.4 Å². The van der Waals surface area contributed by atoms with Gasteiger partial charge in [-0.05, 0) is 19.1 Å². The SMILES string of the molecule is Cc1ccc(-n2cnnc2SCC(=O)N(C)CC(C)c2nn[nH]n2)cc1. The fraction of sp³-hybridized carbons (Fsp3) is 0.375. The molecule has 10 heteroatoms. The summed E-state index contributed by atoms with van der Waals surface area (Å²) in [6, 6.07) is 8.07. The lowest BCUT2D eigenvalue weighted by Gasteiger charge is -2.19. The van der Waals surface area contributed by atoms with Gasteiger partial charge in [0.25, 0.3) is 0 Å². The number of carbonyl (C=O) groups is 1. The Hall–Kier alpha value is -2.75. The number of aromatic amines is 1. The number of hydrogen-bond donors (Lipinski definition) is 1. The average Bonchev–Trinajstić information content (AvgIpc) is 3.32. The van der Waals surface area contributed by atoms with Crippen molar-refractivity contribution < 1.29 is 4.79 Å². The number of aromatic nitrogens is 7. The summed E-state index contributed by atoms with van der Waals surface area (Å²) in [4.78, 5) is 14.1. The molecule has 0 aliphatic rings. The molecule has 136 valence electrons. The molecular weight excluding hydrogens is 352 g/mol. The largest absolute Gasteiger partial charge is 0.344 e. The van der Waals surface area contributed by atoms with E-state index >= 15 is 0 Å². The van der Waals surface area contributed by atoms with E-state index < -0.39 is 0 Å². The molecule has 0 aliphatic heterocycles. The standard InChI is InChI=1S/C16H20N8OS/c1-11-4-6-13(7-5-11)24-10-17-20-16(24)26-9-14(25)23(3)8-12(2)15-18-21-22-19-15/h4-7,10,12H,8-9H2,1-3H3,(H,18,19,21,22). The molecular formula is C16H20N8OS. The topological polar surface area (TPSA) is 105 Å². The van der Waals surface area contributed by atoms with Crippen LogP contribution in [0.15, 0.2) is 35.7 Å². The average molecular weight is 372 g/mol. The van der Waals surface area contributed by atoms with Crippen molar-refractivity contribution in [1.82, 2.24) is 40.3 Å². The molecule has 3 rings (SSSR count). The summed E-state index contributed by atoms with van der Waals surface area (Å²) < 4.78 is 1.87. The van der Waals surface area contributed by atoms with Crippen molar-refractivity contribution in [1.29, 1.82) is 0 Å². The van der Waals surface area contributed by atoms with Gasteiger partial charge in [-0.25, -0.2) is 0 Å². The third-order valence-electron chi connectivity index (χ3n) is 3.93.